The largest absolute Gasteiger partial charge is 0.383 e. The molecule has 0 aromatic carbocycles. The maximum absolute atomic E-state index is 11.8. The second kappa shape index (κ2) is 4.43. The van der Waals surface area contributed by atoms with Crippen molar-refractivity contribution >= 4 is 11.5 Å². The lowest BCUT2D eigenvalue weighted by molar-refractivity contribution is 0.348. The number of nitrogen functional groups attached to an aromatic ring is 1. The van der Waals surface area contributed by atoms with Gasteiger partial charge < -0.3 is 11.1 Å². The second-order valence-electron chi connectivity index (χ2n) is 5.89. The zero-order valence-electron chi connectivity index (χ0n) is 11.1. The molecule has 3 atom stereocenters. The van der Waals surface area contributed by atoms with Gasteiger partial charge in [-0.2, -0.15) is 0 Å². The van der Waals surface area contributed by atoms with Crippen LogP contribution in [0.2, 0.25) is 0 Å². The molecule has 104 valence electrons. The summed E-state index contributed by atoms with van der Waals surface area (Å²) >= 11 is 0. The Morgan fingerprint density at radius 2 is 2.16 bits per heavy atom. The van der Waals surface area contributed by atoms with Crippen LogP contribution in [0.1, 0.15) is 25.7 Å². The van der Waals surface area contributed by atoms with Gasteiger partial charge in [-0.3, -0.25) is 14.3 Å². The summed E-state index contributed by atoms with van der Waals surface area (Å²) in [6, 6.07) is 0. The molecule has 0 radical (unpaired) electrons. The van der Waals surface area contributed by atoms with Gasteiger partial charge in [-0.15, -0.1) is 0 Å². The van der Waals surface area contributed by atoms with Gasteiger partial charge in [0.1, 0.15) is 11.5 Å². The van der Waals surface area contributed by atoms with Crippen LogP contribution in [0.15, 0.2) is 9.59 Å². The Morgan fingerprint density at radius 1 is 1.37 bits per heavy atom. The number of aromatic nitrogens is 2. The molecular formula is C13H20N4O2. The highest BCUT2D eigenvalue weighted by Gasteiger charge is 2.39. The Labute approximate surface area is 111 Å². The average molecular weight is 264 g/mol. The number of aromatic amines is 1. The molecule has 19 heavy (non-hydrogen) atoms. The minimum absolute atomic E-state index is 0.205. The van der Waals surface area contributed by atoms with Crippen molar-refractivity contribution in [1.29, 1.82) is 0 Å². The van der Waals surface area contributed by atoms with Crippen LogP contribution in [0, 0.1) is 17.8 Å². The first-order valence-electron chi connectivity index (χ1n) is 6.89. The summed E-state index contributed by atoms with van der Waals surface area (Å²) in [5.74, 6) is 2.52. The first-order chi connectivity index (χ1) is 9.06. The molecular weight excluding hydrogens is 244 g/mol. The van der Waals surface area contributed by atoms with Crippen molar-refractivity contribution in [2.45, 2.75) is 25.7 Å². The Kier molecular flexibility index (Phi) is 2.88. The Bertz CT molecular complexity index is 604. The summed E-state index contributed by atoms with van der Waals surface area (Å²) in [5, 5.41) is 3.15. The van der Waals surface area contributed by atoms with Crippen molar-refractivity contribution in [3.05, 3.63) is 20.8 Å². The molecule has 3 unspecified atom stereocenters. The number of anilines is 2. The fraction of sp³-hybridized carbons (Fsp3) is 0.692. The predicted molar refractivity (Wildman–Crippen MR) is 74.1 cm³/mol. The number of H-pyrrole nitrogens is 1. The van der Waals surface area contributed by atoms with E-state index in [2.05, 4.69) is 10.3 Å². The quantitative estimate of drug-likeness (QED) is 0.741. The van der Waals surface area contributed by atoms with Crippen molar-refractivity contribution < 1.29 is 0 Å². The molecule has 2 aliphatic carbocycles. The number of nitrogens with one attached hydrogen (secondary N) is 2. The summed E-state index contributed by atoms with van der Waals surface area (Å²) in [6.45, 7) is 0.770. The van der Waals surface area contributed by atoms with Crippen molar-refractivity contribution in [3.8, 4) is 0 Å². The van der Waals surface area contributed by atoms with Crippen LogP contribution in [0.25, 0.3) is 0 Å². The predicted octanol–water partition coefficient (Wildman–Crippen LogP) is 0.504. The third kappa shape index (κ3) is 2.05. The van der Waals surface area contributed by atoms with E-state index in [-0.39, 0.29) is 5.82 Å². The fourth-order valence-corrected chi connectivity index (χ4v) is 3.67. The van der Waals surface area contributed by atoms with E-state index in [0.717, 1.165) is 18.4 Å². The van der Waals surface area contributed by atoms with Crippen molar-refractivity contribution in [1.82, 2.24) is 9.55 Å². The van der Waals surface area contributed by atoms with E-state index in [9.17, 15) is 9.59 Å². The van der Waals surface area contributed by atoms with Gasteiger partial charge in [0, 0.05) is 13.6 Å². The van der Waals surface area contributed by atoms with E-state index in [0.29, 0.717) is 11.6 Å². The Hall–Kier alpha value is -1.72. The molecule has 1 aromatic heterocycles. The Balaban J connectivity index is 1.76. The second-order valence-corrected chi connectivity index (χ2v) is 5.89. The molecule has 4 N–H and O–H groups in total. The van der Waals surface area contributed by atoms with Gasteiger partial charge in [0.2, 0.25) is 0 Å². The molecule has 0 aliphatic heterocycles. The Morgan fingerprint density at radius 3 is 2.79 bits per heavy atom. The van der Waals surface area contributed by atoms with Crippen molar-refractivity contribution in [2.24, 2.45) is 24.8 Å². The highest BCUT2D eigenvalue weighted by molar-refractivity contribution is 5.60. The molecule has 2 aliphatic rings. The van der Waals surface area contributed by atoms with Gasteiger partial charge in [-0.1, -0.05) is 6.42 Å². The number of nitrogens with two attached hydrogens (primary N) is 1. The van der Waals surface area contributed by atoms with E-state index in [1.165, 1.54) is 30.3 Å². The van der Waals surface area contributed by atoms with E-state index < -0.39 is 11.2 Å². The highest BCUT2D eigenvalue weighted by Crippen LogP contribution is 2.48. The first-order valence-corrected chi connectivity index (χ1v) is 6.89. The third-order valence-electron chi connectivity index (χ3n) is 4.80. The molecule has 2 bridgehead atoms. The molecule has 1 heterocycles. The molecule has 0 saturated heterocycles. The highest BCUT2D eigenvalue weighted by atomic mass is 16.2. The van der Waals surface area contributed by atoms with Crippen LogP contribution in [0.3, 0.4) is 0 Å². The number of rotatable bonds is 3. The lowest BCUT2D eigenvalue weighted by atomic mass is 9.89. The van der Waals surface area contributed by atoms with Gasteiger partial charge in [-0.05, 0) is 37.0 Å². The van der Waals surface area contributed by atoms with Gasteiger partial charge in [-0.25, -0.2) is 4.79 Å². The summed E-state index contributed by atoms with van der Waals surface area (Å²) in [7, 11) is 1.55. The minimum Gasteiger partial charge on any atom is -0.383 e. The lowest BCUT2D eigenvalue weighted by Crippen LogP contribution is -2.33. The molecule has 3 rings (SSSR count). The molecule has 6 nitrogen and oxygen atoms in total. The molecule has 0 spiro atoms. The SMILES string of the molecule is Cn1c(N)c(NCC2CC3CCC2C3)c(=O)[nH]c1=O. The summed E-state index contributed by atoms with van der Waals surface area (Å²) in [4.78, 5) is 25.4. The molecule has 6 heteroatoms. The summed E-state index contributed by atoms with van der Waals surface area (Å²) in [6.07, 6.45) is 5.27. The van der Waals surface area contributed by atoms with E-state index in [1.807, 2.05) is 0 Å². The standard InChI is InChI=1S/C13H20N4O2/c1-17-11(14)10(12(18)16-13(17)19)15-6-9-5-7-2-3-8(9)4-7/h7-9,15H,2-6,14H2,1H3,(H,16,18,19). The van der Waals surface area contributed by atoms with Crippen LogP contribution < -0.4 is 22.3 Å². The number of hydrogen-bond donors (Lipinski definition) is 3. The van der Waals surface area contributed by atoms with Gasteiger partial charge in [0.05, 0.1) is 0 Å². The van der Waals surface area contributed by atoms with E-state index >= 15 is 0 Å². The normalized spacial score (nSPS) is 28.8. The van der Waals surface area contributed by atoms with Crippen LogP contribution in [0.5, 0.6) is 0 Å². The molecule has 2 fully saturated rings. The molecule has 1 aromatic rings. The summed E-state index contributed by atoms with van der Waals surface area (Å²) < 4.78 is 1.25. The zero-order chi connectivity index (χ0) is 13.6. The van der Waals surface area contributed by atoms with E-state index in [4.69, 9.17) is 5.73 Å². The number of nitrogens with zero attached hydrogens (tertiary/aromatic N) is 1. The first kappa shape index (κ1) is 12.3. The summed E-state index contributed by atoms with van der Waals surface area (Å²) in [5.41, 5.74) is 5.24. The van der Waals surface area contributed by atoms with Gasteiger partial charge in [0.15, 0.2) is 0 Å². The monoisotopic (exact) mass is 264 g/mol. The van der Waals surface area contributed by atoms with E-state index in [1.54, 1.807) is 7.05 Å². The van der Waals surface area contributed by atoms with Gasteiger partial charge in [0.25, 0.3) is 5.56 Å². The average Bonchev–Trinajstić information content (AvgIpc) is 2.98. The van der Waals surface area contributed by atoms with Crippen molar-refractivity contribution in [2.75, 3.05) is 17.6 Å². The molecule has 2 saturated carbocycles. The third-order valence-corrected chi connectivity index (χ3v) is 4.80. The topological polar surface area (TPSA) is 92.9 Å². The maximum Gasteiger partial charge on any atom is 0.329 e. The molecule has 0 amide bonds. The maximum atomic E-state index is 11.8. The zero-order valence-corrected chi connectivity index (χ0v) is 11.1. The lowest BCUT2D eigenvalue weighted by Gasteiger charge is -2.22. The number of hydrogen-bond acceptors (Lipinski definition) is 4. The fourth-order valence-electron chi connectivity index (χ4n) is 3.67. The van der Waals surface area contributed by atoms with Crippen LogP contribution in [-0.2, 0) is 7.05 Å². The minimum atomic E-state index is -0.479. The van der Waals surface area contributed by atoms with Crippen LogP contribution in [0.4, 0.5) is 11.5 Å². The smallest absolute Gasteiger partial charge is 0.329 e. The van der Waals surface area contributed by atoms with Gasteiger partial charge >= 0.3 is 5.69 Å². The van der Waals surface area contributed by atoms with Crippen molar-refractivity contribution in [3.63, 3.8) is 0 Å². The van der Waals surface area contributed by atoms with Crippen LogP contribution >= 0.6 is 0 Å². The van der Waals surface area contributed by atoms with Crippen LogP contribution in [-0.4, -0.2) is 16.1 Å². The number of fused-ring (bicyclic) bond motifs is 2.